The number of carbonyl (C=O) groups excluding carboxylic acids is 1. The van der Waals surface area contributed by atoms with Gasteiger partial charge in [0, 0.05) is 18.9 Å². The molecule has 0 aliphatic heterocycles. The molecule has 1 rings (SSSR count). The summed E-state index contributed by atoms with van der Waals surface area (Å²) < 4.78 is 0. The number of Topliss-reactive ketones (excluding diaryl/α,β-unsaturated/α-hetero) is 1. The van der Waals surface area contributed by atoms with Crippen LogP contribution in [-0.4, -0.2) is 17.5 Å². The van der Waals surface area contributed by atoms with Gasteiger partial charge in [-0.05, 0) is 19.3 Å². The summed E-state index contributed by atoms with van der Waals surface area (Å²) >= 11 is 0. The molecule has 0 spiro atoms. The van der Waals surface area contributed by atoms with E-state index in [2.05, 4.69) is 0 Å². The number of hydrogen-bond acceptors (Lipinski definition) is 2. The Morgan fingerprint density at radius 2 is 2.30 bits per heavy atom. The minimum absolute atomic E-state index is 0.163. The maximum absolute atomic E-state index is 11.1. The first-order valence-electron chi connectivity index (χ1n) is 3.98. The molecule has 0 radical (unpaired) electrons. The normalized spacial score (nSPS) is 26.9. The van der Waals surface area contributed by atoms with Gasteiger partial charge in [-0.2, -0.15) is 0 Å². The third kappa shape index (κ3) is 1.81. The highest BCUT2D eigenvalue weighted by atomic mass is 16.3. The predicted octanol–water partition coefficient (Wildman–Crippen LogP) is 1.13. The molecule has 2 nitrogen and oxygen atoms in total. The Morgan fingerprint density at radius 3 is 2.90 bits per heavy atom. The Labute approximate surface area is 61.2 Å². The first kappa shape index (κ1) is 7.73. The summed E-state index contributed by atoms with van der Waals surface area (Å²) in [5.41, 5.74) is 0. The van der Waals surface area contributed by atoms with Crippen molar-refractivity contribution in [3.63, 3.8) is 0 Å². The molecule has 1 N–H and O–H groups in total. The van der Waals surface area contributed by atoms with Crippen molar-refractivity contribution in [3.8, 4) is 0 Å². The molecule has 0 saturated heterocycles. The van der Waals surface area contributed by atoms with Crippen molar-refractivity contribution in [1.29, 1.82) is 0 Å². The molecule has 0 unspecified atom stereocenters. The van der Waals surface area contributed by atoms with Crippen LogP contribution >= 0.6 is 0 Å². The fraction of sp³-hybridized carbons (Fsp3) is 0.875. The van der Waals surface area contributed by atoms with Crippen molar-refractivity contribution < 1.29 is 9.90 Å². The molecule has 2 heteroatoms. The van der Waals surface area contributed by atoms with E-state index in [-0.39, 0.29) is 12.5 Å². The van der Waals surface area contributed by atoms with Crippen LogP contribution in [0.15, 0.2) is 0 Å². The molecular formula is C8H14O2. The number of carbonyl (C=O) groups is 1. The minimum atomic E-state index is 0.163. The molecule has 10 heavy (non-hydrogen) atoms. The van der Waals surface area contributed by atoms with Crippen LogP contribution in [0.5, 0.6) is 0 Å². The second-order valence-corrected chi connectivity index (χ2v) is 2.92. The highest BCUT2D eigenvalue weighted by Crippen LogP contribution is 2.22. The summed E-state index contributed by atoms with van der Waals surface area (Å²) in [4.78, 5) is 11.1. The number of ketones is 1. The molecule has 0 aromatic carbocycles. The fourth-order valence-corrected chi connectivity index (χ4v) is 1.52. The van der Waals surface area contributed by atoms with E-state index in [1.165, 1.54) is 0 Å². The minimum Gasteiger partial charge on any atom is -0.396 e. The Hall–Kier alpha value is -0.370. The molecule has 0 aromatic rings. The standard InChI is InChI=1S/C8H14O2/c9-6-5-7-3-1-2-4-8(7)10/h7,9H,1-6H2/t7-/m0/s1. The van der Waals surface area contributed by atoms with E-state index in [9.17, 15) is 4.79 Å². The third-order valence-electron chi connectivity index (χ3n) is 2.16. The first-order valence-corrected chi connectivity index (χ1v) is 3.98. The summed E-state index contributed by atoms with van der Waals surface area (Å²) in [6, 6.07) is 0. The van der Waals surface area contributed by atoms with Crippen LogP contribution in [0.3, 0.4) is 0 Å². The lowest BCUT2D eigenvalue weighted by molar-refractivity contribution is -0.125. The molecule has 58 valence electrons. The van der Waals surface area contributed by atoms with Crippen LogP contribution in [0.1, 0.15) is 32.1 Å². The van der Waals surface area contributed by atoms with E-state index in [1.807, 2.05) is 0 Å². The zero-order valence-corrected chi connectivity index (χ0v) is 6.18. The van der Waals surface area contributed by atoms with Crippen molar-refractivity contribution in [2.75, 3.05) is 6.61 Å². The molecular weight excluding hydrogens is 128 g/mol. The maximum Gasteiger partial charge on any atom is 0.136 e. The Bertz CT molecular complexity index is 118. The van der Waals surface area contributed by atoms with E-state index in [0.29, 0.717) is 12.2 Å². The predicted molar refractivity (Wildman–Crippen MR) is 38.7 cm³/mol. The average molecular weight is 142 g/mol. The lowest BCUT2D eigenvalue weighted by atomic mass is 9.86. The van der Waals surface area contributed by atoms with Crippen LogP contribution in [0.25, 0.3) is 0 Å². The number of rotatable bonds is 2. The second kappa shape index (κ2) is 3.71. The molecule has 1 aliphatic rings. The van der Waals surface area contributed by atoms with E-state index >= 15 is 0 Å². The van der Waals surface area contributed by atoms with Crippen molar-refractivity contribution in [1.82, 2.24) is 0 Å². The van der Waals surface area contributed by atoms with Gasteiger partial charge < -0.3 is 5.11 Å². The molecule has 0 amide bonds. The van der Waals surface area contributed by atoms with Gasteiger partial charge in [0.25, 0.3) is 0 Å². The van der Waals surface area contributed by atoms with E-state index in [0.717, 1.165) is 25.7 Å². The molecule has 0 bridgehead atoms. The van der Waals surface area contributed by atoms with Crippen molar-refractivity contribution in [2.45, 2.75) is 32.1 Å². The topological polar surface area (TPSA) is 37.3 Å². The van der Waals surface area contributed by atoms with Crippen molar-refractivity contribution in [3.05, 3.63) is 0 Å². The first-order chi connectivity index (χ1) is 4.84. The number of aliphatic hydroxyl groups excluding tert-OH is 1. The van der Waals surface area contributed by atoms with Gasteiger partial charge >= 0.3 is 0 Å². The van der Waals surface area contributed by atoms with Gasteiger partial charge in [-0.15, -0.1) is 0 Å². The van der Waals surface area contributed by atoms with Crippen molar-refractivity contribution in [2.24, 2.45) is 5.92 Å². The monoisotopic (exact) mass is 142 g/mol. The Kier molecular flexibility index (Phi) is 2.87. The van der Waals surface area contributed by atoms with E-state index < -0.39 is 0 Å². The lowest BCUT2D eigenvalue weighted by Gasteiger charge is -2.18. The summed E-state index contributed by atoms with van der Waals surface area (Å²) in [5, 5.41) is 8.58. The zero-order valence-electron chi connectivity index (χ0n) is 6.18. The zero-order chi connectivity index (χ0) is 7.40. The highest BCUT2D eigenvalue weighted by Gasteiger charge is 2.20. The Balaban J connectivity index is 2.32. The molecule has 1 atom stereocenters. The fourth-order valence-electron chi connectivity index (χ4n) is 1.52. The van der Waals surface area contributed by atoms with Crippen LogP contribution in [0.4, 0.5) is 0 Å². The van der Waals surface area contributed by atoms with Crippen LogP contribution < -0.4 is 0 Å². The van der Waals surface area contributed by atoms with Crippen LogP contribution in [0.2, 0.25) is 0 Å². The largest absolute Gasteiger partial charge is 0.396 e. The van der Waals surface area contributed by atoms with Crippen LogP contribution in [-0.2, 0) is 4.79 Å². The molecule has 0 aromatic heterocycles. The second-order valence-electron chi connectivity index (χ2n) is 2.92. The molecule has 0 heterocycles. The molecule has 1 fully saturated rings. The highest BCUT2D eigenvalue weighted by molar-refractivity contribution is 5.81. The van der Waals surface area contributed by atoms with Gasteiger partial charge in [0.05, 0.1) is 0 Å². The van der Waals surface area contributed by atoms with Gasteiger partial charge in [0.1, 0.15) is 5.78 Å². The van der Waals surface area contributed by atoms with Gasteiger partial charge in [-0.25, -0.2) is 0 Å². The summed E-state index contributed by atoms with van der Waals surface area (Å²) in [6.45, 7) is 0.163. The summed E-state index contributed by atoms with van der Waals surface area (Å²) in [6.07, 6.45) is 4.64. The summed E-state index contributed by atoms with van der Waals surface area (Å²) in [5.74, 6) is 0.541. The molecule has 1 aliphatic carbocycles. The number of aliphatic hydroxyl groups is 1. The Morgan fingerprint density at radius 1 is 1.50 bits per heavy atom. The third-order valence-corrected chi connectivity index (χ3v) is 2.16. The van der Waals surface area contributed by atoms with Gasteiger partial charge in [-0.3, -0.25) is 4.79 Å². The van der Waals surface area contributed by atoms with Gasteiger partial charge in [0.2, 0.25) is 0 Å². The van der Waals surface area contributed by atoms with Gasteiger partial charge in [0.15, 0.2) is 0 Å². The smallest absolute Gasteiger partial charge is 0.136 e. The van der Waals surface area contributed by atoms with Gasteiger partial charge in [-0.1, -0.05) is 6.42 Å². The van der Waals surface area contributed by atoms with E-state index in [1.54, 1.807) is 0 Å². The maximum atomic E-state index is 11.1. The SMILES string of the molecule is O=C1CCCC[C@H]1CCO. The summed E-state index contributed by atoms with van der Waals surface area (Å²) in [7, 11) is 0. The van der Waals surface area contributed by atoms with Crippen LogP contribution in [0, 0.1) is 5.92 Å². The lowest BCUT2D eigenvalue weighted by Crippen LogP contribution is -2.19. The quantitative estimate of drug-likeness (QED) is 0.627. The molecule has 1 saturated carbocycles. The van der Waals surface area contributed by atoms with E-state index in [4.69, 9.17) is 5.11 Å². The van der Waals surface area contributed by atoms with Crippen molar-refractivity contribution >= 4 is 5.78 Å². The average Bonchev–Trinajstić information content (AvgIpc) is 1.94. The number of hydrogen-bond donors (Lipinski definition) is 1.